The summed E-state index contributed by atoms with van der Waals surface area (Å²) in [6, 6.07) is 5.36. The fourth-order valence-electron chi connectivity index (χ4n) is 1.77. The molecule has 4 N–H and O–H groups in total. The zero-order valence-electron chi connectivity index (χ0n) is 10.8. The molecule has 0 saturated heterocycles. The first-order chi connectivity index (χ1) is 9.47. The lowest BCUT2D eigenvalue weighted by Crippen LogP contribution is -2.20. The smallest absolute Gasteiger partial charge is 0.330 e. The van der Waals surface area contributed by atoms with Gasteiger partial charge in [0.25, 0.3) is 0 Å². The first kappa shape index (κ1) is 13.6. The van der Waals surface area contributed by atoms with Gasteiger partial charge in [-0.05, 0) is 24.3 Å². The summed E-state index contributed by atoms with van der Waals surface area (Å²) in [6.45, 7) is 0. The Balaban J connectivity index is 2.20. The number of carbonyl (C=O) groups is 2. The molecule has 7 heteroatoms. The van der Waals surface area contributed by atoms with Crippen molar-refractivity contribution in [1.82, 2.24) is 9.78 Å². The van der Waals surface area contributed by atoms with E-state index in [-0.39, 0.29) is 0 Å². The molecule has 20 heavy (non-hydrogen) atoms. The van der Waals surface area contributed by atoms with E-state index in [1.165, 1.54) is 23.0 Å². The van der Waals surface area contributed by atoms with Gasteiger partial charge in [-0.3, -0.25) is 9.48 Å². The maximum atomic E-state index is 11.3. The van der Waals surface area contributed by atoms with Crippen LogP contribution in [0.1, 0.15) is 22.0 Å². The summed E-state index contributed by atoms with van der Waals surface area (Å²) in [5.41, 5.74) is 6.62. The molecule has 1 amide bonds. The summed E-state index contributed by atoms with van der Waals surface area (Å²) in [5, 5.41) is 16.1. The Morgan fingerprint density at radius 2 is 2.00 bits per heavy atom. The zero-order valence-corrected chi connectivity index (χ0v) is 10.8. The van der Waals surface area contributed by atoms with Crippen molar-refractivity contribution in [1.29, 1.82) is 0 Å². The maximum Gasteiger partial charge on any atom is 0.330 e. The highest BCUT2D eigenvalue weighted by atomic mass is 16.4. The summed E-state index contributed by atoms with van der Waals surface area (Å²) >= 11 is 0. The highest BCUT2D eigenvalue weighted by Crippen LogP contribution is 2.19. The third kappa shape index (κ3) is 2.94. The van der Waals surface area contributed by atoms with Crippen LogP contribution >= 0.6 is 0 Å². The molecule has 7 nitrogen and oxygen atoms in total. The Bertz CT molecular complexity index is 633. The molecule has 1 atom stereocenters. The molecule has 1 aromatic carbocycles. The van der Waals surface area contributed by atoms with Crippen LogP contribution in [0.3, 0.4) is 0 Å². The van der Waals surface area contributed by atoms with E-state index in [4.69, 9.17) is 5.73 Å². The number of aromatic nitrogens is 2. The van der Waals surface area contributed by atoms with Gasteiger partial charge in [0.05, 0.1) is 6.20 Å². The number of carboxylic acids is 1. The maximum absolute atomic E-state index is 11.3. The van der Waals surface area contributed by atoms with Gasteiger partial charge < -0.3 is 16.2 Å². The normalized spacial score (nSPS) is 11.8. The fourth-order valence-corrected chi connectivity index (χ4v) is 1.77. The van der Waals surface area contributed by atoms with Crippen molar-refractivity contribution in [2.24, 2.45) is 12.8 Å². The molecule has 0 saturated carbocycles. The Morgan fingerprint density at radius 1 is 1.35 bits per heavy atom. The molecular formula is C13H14N4O3. The topological polar surface area (TPSA) is 110 Å². The molecule has 1 heterocycles. The van der Waals surface area contributed by atoms with Gasteiger partial charge in [-0.2, -0.15) is 5.10 Å². The summed E-state index contributed by atoms with van der Waals surface area (Å²) < 4.78 is 1.53. The van der Waals surface area contributed by atoms with E-state index >= 15 is 0 Å². The number of nitrogens with two attached hydrogens (primary N) is 1. The number of carbonyl (C=O) groups excluding carboxylic acids is 1. The number of rotatable bonds is 5. The molecule has 0 aliphatic rings. The molecule has 0 spiro atoms. The molecule has 2 aromatic rings. The first-order valence-corrected chi connectivity index (χ1v) is 5.85. The van der Waals surface area contributed by atoms with Crippen LogP contribution in [-0.4, -0.2) is 26.8 Å². The van der Waals surface area contributed by atoms with Gasteiger partial charge in [0, 0.05) is 30.1 Å². The largest absolute Gasteiger partial charge is 0.479 e. The number of nitrogens with zero attached hydrogens (tertiary/aromatic N) is 2. The number of aliphatic carboxylic acids is 1. The third-order valence-corrected chi connectivity index (χ3v) is 2.79. The van der Waals surface area contributed by atoms with Gasteiger partial charge in [0.15, 0.2) is 6.04 Å². The van der Waals surface area contributed by atoms with Gasteiger partial charge in [0.1, 0.15) is 0 Å². The van der Waals surface area contributed by atoms with Gasteiger partial charge in [0.2, 0.25) is 5.91 Å². The molecule has 1 unspecified atom stereocenters. The number of hydrogen-bond donors (Lipinski definition) is 3. The molecule has 0 bridgehead atoms. The van der Waals surface area contributed by atoms with E-state index in [0.29, 0.717) is 16.8 Å². The summed E-state index contributed by atoms with van der Waals surface area (Å²) in [7, 11) is 1.71. The van der Waals surface area contributed by atoms with Crippen LogP contribution in [-0.2, 0) is 11.8 Å². The van der Waals surface area contributed by atoms with Crippen LogP contribution < -0.4 is 11.1 Å². The predicted octanol–water partition coefficient (Wildman–Crippen LogP) is 0.757. The number of anilines is 1. The fraction of sp³-hybridized carbons (Fsp3) is 0.154. The summed E-state index contributed by atoms with van der Waals surface area (Å²) in [6.07, 6.45) is 3.12. The molecular weight excluding hydrogens is 260 g/mol. The second-order valence-electron chi connectivity index (χ2n) is 4.30. The highest BCUT2D eigenvalue weighted by molar-refractivity contribution is 5.93. The third-order valence-electron chi connectivity index (χ3n) is 2.79. The van der Waals surface area contributed by atoms with Crippen LogP contribution in [0.2, 0.25) is 0 Å². The summed E-state index contributed by atoms with van der Waals surface area (Å²) in [5.74, 6) is -1.55. The van der Waals surface area contributed by atoms with Crippen molar-refractivity contribution in [2.75, 3.05) is 5.32 Å². The van der Waals surface area contributed by atoms with Crippen molar-refractivity contribution in [3.63, 3.8) is 0 Å². The molecule has 0 aliphatic carbocycles. The second kappa shape index (κ2) is 5.43. The van der Waals surface area contributed by atoms with Crippen molar-refractivity contribution >= 4 is 17.6 Å². The minimum absolute atomic E-state index is 0.365. The standard InChI is InChI=1S/C13H14N4O3/c1-17-7-9(6-15-17)11(13(19)20)16-10-4-2-8(3-5-10)12(14)18/h2-7,11,16H,1H3,(H2,14,18)(H,19,20). The van der Waals surface area contributed by atoms with Crippen molar-refractivity contribution < 1.29 is 14.7 Å². The Kier molecular flexibility index (Phi) is 3.69. The van der Waals surface area contributed by atoms with Crippen LogP contribution in [0.5, 0.6) is 0 Å². The Labute approximate surface area is 115 Å². The minimum Gasteiger partial charge on any atom is -0.479 e. The lowest BCUT2D eigenvalue weighted by atomic mass is 10.1. The number of aryl methyl sites for hydroxylation is 1. The number of nitrogens with one attached hydrogen (secondary N) is 1. The lowest BCUT2D eigenvalue weighted by molar-refractivity contribution is -0.138. The molecule has 1 aromatic heterocycles. The van der Waals surface area contributed by atoms with Crippen molar-refractivity contribution in [3.8, 4) is 0 Å². The average Bonchev–Trinajstić information content (AvgIpc) is 2.82. The van der Waals surface area contributed by atoms with Crippen LogP contribution in [0.15, 0.2) is 36.7 Å². The van der Waals surface area contributed by atoms with Crippen LogP contribution in [0, 0.1) is 0 Å². The molecule has 0 fully saturated rings. The van der Waals surface area contributed by atoms with E-state index in [0.717, 1.165) is 0 Å². The van der Waals surface area contributed by atoms with Crippen LogP contribution in [0.4, 0.5) is 5.69 Å². The second-order valence-corrected chi connectivity index (χ2v) is 4.30. The number of hydrogen-bond acceptors (Lipinski definition) is 4. The molecule has 0 radical (unpaired) electrons. The SMILES string of the molecule is Cn1cc(C(Nc2ccc(C(N)=O)cc2)C(=O)O)cn1. The van der Waals surface area contributed by atoms with Gasteiger partial charge in [-0.25, -0.2) is 4.79 Å². The number of benzene rings is 1. The predicted molar refractivity (Wildman–Crippen MR) is 72.2 cm³/mol. The first-order valence-electron chi connectivity index (χ1n) is 5.85. The van der Waals surface area contributed by atoms with Gasteiger partial charge >= 0.3 is 5.97 Å². The van der Waals surface area contributed by atoms with Crippen molar-refractivity contribution in [2.45, 2.75) is 6.04 Å². The van der Waals surface area contributed by atoms with E-state index in [9.17, 15) is 14.7 Å². The highest BCUT2D eigenvalue weighted by Gasteiger charge is 2.21. The Hall–Kier alpha value is -2.83. The van der Waals surface area contributed by atoms with Gasteiger partial charge in [-0.15, -0.1) is 0 Å². The number of carboxylic acid groups (broad SMARTS) is 1. The number of primary amides is 1. The van der Waals surface area contributed by atoms with Crippen molar-refractivity contribution in [3.05, 3.63) is 47.8 Å². The molecule has 0 aliphatic heterocycles. The monoisotopic (exact) mass is 274 g/mol. The summed E-state index contributed by atoms with van der Waals surface area (Å²) in [4.78, 5) is 22.3. The lowest BCUT2D eigenvalue weighted by Gasteiger charge is -2.14. The molecule has 104 valence electrons. The minimum atomic E-state index is -1.02. The van der Waals surface area contributed by atoms with Gasteiger partial charge in [-0.1, -0.05) is 0 Å². The van der Waals surface area contributed by atoms with Crippen LogP contribution in [0.25, 0.3) is 0 Å². The average molecular weight is 274 g/mol. The Morgan fingerprint density at radius 3 is 2.45 bits per heavy atom. The molecule has 2 rings (SSSR count). The quantitative estimate of drug-likeness (QED) is 0.745. The van der Waals surface area contributed by atoms with E-state index in [2.05, 4.69) is 10.4 Å². The van der Waals surface area contributed by atoms with E-state index in [1.54, 1.807) is 25.4 Å². The zero-order chi connectivity index (χ0) is 14.7. The van der Waals surface area contributed by atoms with E-state index < -0.39 is 17.9 Å². The number of amides is 1. The van der Waals surface area contributed by atoms with E-state index in [1.807, 2.05) is 0 Å².